The Balaban J connectivity index is 1.96. The maximum Gasteiger partial charge on any atom is 0.266 e. The summed E-state index contributed by atoms with van der Waals surface area (Å²) in [5.41, 5.74) is 3.45. The smallest absolute Gasteiger partial charge is 0.266 e. The standard InChI is InChI=1S/C13H12BrN3OS/c14-10-2-5-12(6-3-10)19-8-11-4-1-9(7-16-11)13(18)17-15/h1-7H,8,15H2,(H,17,18). The number of nitrogen functional groups attached to an aromatic ring is 1. The third-order valence-electron chi connectivity index (χ3n) is 2.42. The number of hydrazine groups is 1. The lowest BCUT2D eigenvalue weighted by atomic mass is 10.2. The highest BCUT2D eigenvalue weighted by Gasteiger charge is 2.04. The fourth-order valence-electron chi connectivity index (χ4n) is 1.42. The van der Waals surface area contributed by atoms with Gasteiger partial charge in [-0.25, -0.2) is 5.84 Å². The molecule has 0 saturated carbocycles. The molecular formula is C13H12BrN3OS. The zero-order valence-corrected chi connectivity index (χ0v) is 12.4. The number of thioether (sulfide) groups is 1. The molecule has 0 unspecified atom stereocenters. The number of amides is 1. The highest BCUT2D eigenvalue weighted by molar-refractivity contribution is 9.10. The minimum Gasteiger partial charge on any atom is -0.290 e. The number of rotatable bonds is 4. The van der Waals surface area contributed by atoms with Crippen LogP contribution in [0.3, 0.4) is 0 Å². The lowest BCUT2D eigenvalue weighted by Gasteiger charge is -2.03. The molecule has 1 amide bonds. The molecule has 0 aliphatic heterocycles. The summed E-state index contributed by atoms with van der Waals surface area (Å²) >= 11 is 5.09. The van der Waals surface area contributed by atoms with Gasteiger partial charge in [0.2, 0.25) is 0 Å². The molecule has 2 aromatic rings. The highest BCUT2D eigenvalue weighted by atomic mass is 79.9. The summed E-state index contributed by atoms with van der Waals surface area (Å²) in [6.07, 6.45) is 1.53. The number of hydrogen-bond donors (Lipinski definition) is 2. The minimum atomic E-state index is -0.334. The molecule has 98 valence electrons. The monoisotopic (exact) mass is 337 g/mol. The summed E-state index contributed by atoms with van der Waals surface area (Å²) in [5.74, 6) is 5.48. The lowest BCUT2D eigenvalue weighted by molar-refractivity contribution is 0.0953. The van der Waals surface area contributed by atoms with E-state index in [0.29, 0.717) is 5.56 Å². The van der Waals surface area contributed by atoms with Crippen LogP contribution < -0.4 is 11.3 Å². The van der Waals surface area contributed by atoms with Gasteiger partial charge in [0.05, 0.1) is 11.3 Å². The Morgan fingerprint density at radius 1 is 1.26 bits per heavy atom. The van der Waals surface area contributed by atoms with Crippen molar-refractivity contribution in [3.63, 3.8) is 0 Å². The number of aromatic nitrogens is 1. The van der Waals surface area contributed by atoms with Crippen LogP contribution in [0.4, 0.5) is 0 Å². The van der Waals surface area contributed by atoms with Crippen LogP contribution in [-0.4, -0.2) is 10.9 Å². The van der Waals surface area contributed by atoms with E-state index in [2.05, 4.69) is 26.3 Å². The van der Waals surface area contributed by atoms with Crippen molar-refractivity contribution in [3.8, 4) is 0 Å². The van der Waals surface area contributed by atoms with Crippen molar-refractivity contribution in [1.29, 1.82) is 0 Å². The molecule has 2 rings (SSSR count). The van der Waals surface area contributed by atoms with Crippen molar-refractivity contribution in [3.05, 3.63) is 58.3 Å². The quantitative estimate of drug-likeness (QED) is 0.389. The van der Waals surface area contributed by atoms with E-state index in [1.165, 1.54) is 11.1 Å². The fraction of sp³-hybridized carbons (Fsp3) is 0.0769. The number of benzene rings is 1. The molecule has 6 heteroatoms. The Morgan fingerprint density at radius 3 is 2.58 bits per heavy atom. The van der Waals surface area contributed by atoms with Crippen molar-refractivity contribution in [1.82, 2.24) is 10.4 Å². The summed E-state index contributed by atoms with van der Waals surface area (Å²) in [5, 5.41) is 0. The van der Waals surface area contributed by atoms with Crippen molar-refractivity contribution in [2.75, 3.05) is 0 Å². The molecule has 0 saturated heterocycles. The van der Waals surface area contributed by atoms with Gasteiger partial charge in [0, 0.05) is 21.3 Å². The Morgan fingerprint density at radius 2 is 2.00 bits per heavy atom. The van der Waals surface area contributed by atoms with Gasteiger partial charge >= 0.3 is 0 Å². The number of halogens is 1. The van der Waals surface area contributed by atoms with Crippen molar-refractivity contribution < 1.29 is 4.79 Å². The number of carbonyl (C=O) groups is 1. The summed E-state index contributed by atoms with van der Waals surface area (Å²) < 4.78 is 1.06. The molecule has 0 spiro atoms. The van der Waals surface area contributed by atoms with Crippen molar-refractivity contribution in [2.24, 2.45) is 5.84 Å². The molecule has 1 heterocycles. The Bertz CT molecular complexity index is 557. The van der Waals surface area contributed by atoms with Crippen molar-refractivity contribution in [2.45, 2.75) is 10.6 Å². The fourth-order valence-corrected chi connectivity index (χ4v) is 2.49. The van der Waals surface area contributed by atoms with Gasteiger partial charge < -0.3 is 0 Å². The van der Waals surface area contributed by atoms with Gasteiger partial charge in [0.15, 0.2) is 0 Å². The van der Waals surface area contributed by atoms with E-state index < -0.39 is 0 Å². The Kier molecular flexibility index (Phi) is 4.95. The van der Waals surface area contributed by atoms with E-state index in [1.807, 2.05) is 30.3 Å². The first kappa shape index (κ1) is 14.0. The second-order valence-electron chi connectivity index (χ2n) is 3.75. The highest BCUT2D eigenvalue weighted by Crippen LogP contribution is 2.23. The van der Waals surface area contributed by atoms with E-state index in [9.17, 15) is 4.79 Å². The molecule has 0 aliphatic rings. The van der Waals surface area contributed by atoms with Gasteiger partial charge in [-0.05, 0) is 36.4 Å². The van der Waals surface area contributed by atoms with E-state index >= 15 is 0 Å². The number of hydrogen-bond acceptors (Lipinski definition) is 4. The zero-order valence-electron chi connectivity index (χ0n) is 9.97. The van der Waals surface area contributed by atoms with Crippen LogP contribution in [0.15, 0.2) is 52.0 Å². The van der Waals surface area contributed by atoms with E-state index in [-0.39, 0.29) is 5.91 Å². The second-order valence-corrected chi connectivity index (χ2v) is 5.72. The Hall–Kier alpha value is -1.37. The maximum absolute atomic E-state index is 11.3. The summed E-state index contributed by atoms with van der Waals surface area (Å²) in [4.78, 5) is 16.7. The first-order chi connectivity index (χ1) is 9.19. The molecule has 4 nitrogen and oxygen atoms in total. The van der Waals surface area contributed by atoms with Crippen molar-refractivity contribution >= 4 is 33.6 Å². The van der Waals surface area contributed by atoms with Crippen LogP contribution in [0.1, 0.15) is 16.1 Å². The van der Waals surface area contributed by atoms with Crippen LogP contribution >= 0.6 is 27.7 Å². The zero-order chi connectivity index (χ0) is 13.7. The van der Waals surface area contributed by atoms with Crippen LogP contribution in [0.25, 0.3) is 0 Å². The second kappa shape index (κ2) is 6.70. The minimum absolute atomic E-state index is 0.334. The average Bonchev–Trinajstić information content (AvgIpc) is 2.46. The third kappa shape index (κ3) is 4.05. The SMILES string of the molecule is NNC(=O)c1ccc(CSc2ccc(Br)cc2)nc1. The number of nitrogens with two attached hydrogens (primary N) is 1. The van der Waals surface area contributed by atoms with Gasteiger partial charge in [0.1, 0.15) is 0 Å². The number of carbonyl (C=O) groups excluding carboxylic acids is 1. The first-order valence-corrected chi connectivity index (χ1v) is 7.31. The molecule has 0 radical (unpaired) electrons. The normalized spacial score (nSPS) is 10.2. The van der Waals surface area contributed by atoms with Crippen LogP contribution in [0, 0.1) is 0 Å². The number of nitrogens with zero attached hydrogens (tertiary/aromatic N) is 1. The molecule has 0 aliphatic carbocycles. The molecule has 3 N–H and O–H groups in total. The predicted octanol–water partition coefficient (Wildman–Crippen LogP) is 2.74. The van der Waals surface area contributed by atoms with Gasteiger partial charge in [-0.15, -0.1) is 11.8 Å². The largest absolute Gasteiger partial charge is 0.290 e. The predicted molar refractivity (Wildman–Crippen MR) is 79.6 cm³/mol. The van der Waals surface area contributed by atoms with Crippen LogP contribution in [0.2, 0.25) is 0 Å². The maximum atomic E-state index is 11.3. The van der Waals surface area contributed by atoms with Gasteiger partial charge in [0.25, 0.3) is 5.91 Å². The average molecular weight is 338 g/mol. The lowest BCUT2D eigenvalue weighted by Crippen LogP contribution is -2.30. The van der Waals surface area contributed by atoms with Crippen LogP contribution in [-0.2, 0) is 5.75 Å². The van der Waals surface area contributed by atoms with Gasteiger partial charge in [-0.2, -0.15) is 0 Å². The molecule has 0 atom stereocenters. The number of nitrogens with one attached hydrogen (secondary N) is 1. The first-order valence-electron chi connectivity index (χ1n) is 5.53. The molecule has 0 fully saturated rings. The summed E-state index contributed by atoms with van der Waals surface area (Å²) in [6.45, 7) is 0. The Labute approximate surface area is 123 Å². The molecular weight excluding hydrogens is 326 g/mol. The van der Waals surface area contributed by atoms with Gasteiger partial charge in [-0.3, -0.25) is 15.2 Å². The molecule has 19 heavy (non-hydrogen) atoms. The summed E-state index contributed by atoms with van der Waals surface area (Å²) in [6, 6.07) is 11.6. The summed E-state index contributed by atoms with van der Waals surface area (Å²) in [7, 11) is 0. The molecule has 1 aromatic heterocycles. The molecule has 1 aromatic carbocycles. The van der Waals surface area contributed by atoms with E-state index in [0.717, 1.165) is 15.9 Å². The third-order valence-corrected chi connectivity index (χ3v) is 3.99. The van der Waals surface area contributed by atoms with E-state index in [1.54, 1.807) is 17.8 Å². The topological polar surface area (TPSA) is 68.0 Å². The van der Waals surface area contributed by atoms with E-state index in [4.69, 9.17) is 5.84 Å². The van der Waals surface area contributed by atoms with Gasteiger partial charge in [-0.1, -0.05) is 15.9 Å². The molecule has 0 bridgehead atoms. The van der Waals surface area contributed by atoms with Crippen LogP contribution in [0.5, 0.6) is 0 Å². The number of pyridine rings is 1.